The lowest BCUT2D eigenvalue weighted by Crippen LogP contribution is -2.21. The summed E-state index contributed by atoms with van der Waals surface area (Å²) in [6.45, 7) is 5.00. The molecule has 0 saturated carbocycles. The Bertz CT molecular complexity index is 234. The molecule has 0 aromatic carbocycles. The fourth-order valence-corrected chi connectivity index (χ4v) is 1.75. The minimum absolute atomic E-state index is 0.558. The van der Waals surface area contributed by atoms with E-state index in [1.807, 2.05) is 0 Å². The van der Waals surface area contributed by atoms with Crippen LogP contribution in [0, 0.1) is 0 Å². The molecule has 0 aromatic heterocycles. The van der Waals surface area contributed by atoms with E-state index in [2.05, 4.69) is 10.6 Å². The minimum atomic E-state index is -1.26. The third-order valence-electron chi connectivity index (χ3n) is 2.78. The van der Waals surface area contributed by atoms with E-state index in [1.165, 1.54) is 64.7 Å². The second-order valence-corrected chi connectivity index (χ2v) is 4.63. The smallest absolute Gasteiger partial charge is 0.328 e. The van der Waals surface area contributed by atoms with E-state index in [1.54, 1.807) is 0 Å². The first-order valence-corrected chi connectivity index (χ1v) is 7.18. The summed E-state index contributed by atoms with van der Waals surface area (Å²) in [6, 6.07) is 0. The number of hydrogen-bond acceptors (Lipinski definition) is 4. The summed E-state index contributed by atoms with van der Waals surface area (Å²) >= 11 is 0. The highest BCUT2D eigenvalue weighted by molar-refractivity contribution is 5.89. The number of carboxylic acid groups (broad SMARTS) is 2. The molecule has 2 saturated heterocycles. The van der Waals surface area contributed by atoms with Gasteiger partial charge in [0.05, 0.1) is 0 Å². The van der Waals surface area contributed by atoms with Gasteiger partial charge < -0.3 is 20.8 Å². The van der Waals surface area contributed by atoms with E-state index in [4.69, 9.17) is 10.2 Å². The highest BCUT2D eigenvalue weighted by atomic mass is 16.4. The summed E-state index contributed by atoms with van der Waals surface area (Å²) < 4.78 is 0. The van der Waals surface area contributed by atoms with Gasteiger partial charge in [-0.2, -0.15) is 0 Å². The SMILES string of the molecule is C1CCNCC1.C1CCNCC1.O=C(O)C=CC(=O)O. The molecule has 2 aliphatic heterocycles. The second-order valence-electron chi connectivity index (χ2n) is 4.63. The maximum atomic E-state index is 9.55. The highest BCUT2D eigenvalue weighted by Crippen LogP contribution is 1.97. The van der Waals surface area contributed by atoms with Gasteiger partial charge in [0.25, 0.3) is 0 Å². The third-order valence-corrected chi connectivity index (χ3v) is 2.78. The Morgan fingerprint density at radius 2 is 0.950 bits per heavy atom. The van der Waals surface area contributed by atoms with Gasteiger partial charge in [0.15, 0.2) is 0 Å². The quantitative estimate of drug-likeness (QED) is 0.570. The van der Waals surface area contributed by atoms with Crippen LogP contribution in [0.15, 0.2) is 12.2 Å². The van der Waals surface area contributed by atoms with Gasteiger partial charge in [-0.1, -0.05) is 12.8 Å². The Labute approximate surface area is 120 Å². The Morgan fingerprint density at radius 1 is 0.650 bits per heavy atom. The second kappa shape index (κ2) is 14.0. The van der Waals surface area contributed by atoms with Gasteiger partial charge in [0.1, 0.15) is 0 Å². The summed E-state index contributed by atoms with van der Waals surface area (Å²) in [7, 11) is 0. The van der Waals surface area contributed by atoms with Crippen LogP contribution in [0.1, 0.15) is 38.5 Å². The molecule has 6 nitrogen and oxygen atoms in total. The van der Waals surface area contributed by atoms with Gasteiger partial charge in [-0.05, 0) is 51.9 Å². The maximum absolute atomic E-state index is 9.55. The van der Waals surface area contributed by atoms with Crippen LogP contribution in [0.4, 0.5) is 0 Å². The molecule has 0 aliphatic carbocycles. The van der Waals surface area contributed by atoms with Gasteiger partial charge in [-0.25, -0.2) is 9.59 Å². The van der Waals surface area contributed by atoms with Crippen LogP contribution >= 0.6 is 0 Å². The van der Waals surface area contributed by atoms with Crippen LogP contribution in [0.25, 0.3) is 0 Å². The van der Waals surface area contributed by atoms with E-state index in [0.717, 1.165) is 0 Å². The van der Waals surface area contributed by atoms with Crippen molar-refractivity contribution in [1.82, 2.24) is 10.6 Å². The Balaban J connectivity index is 0.000000274. The molecule has 2 fully saturated rings. The van der Waals surface area contributed by atoms with Crippen LogP contribution in [0.2, 0.25) is 0 Å². The predicted octanol–water partition coefficient (Wildman–Crippen LogP) is 1.23. The summed E-state index contributed by atoms with van der Waals surface area (Å²) in [5.74, 6) is -2.51. The fourth-order valence-electron chi connectivity index (χ4n) is 1.75. The zero-order valence-corrected chi connectivity index (χ0v) is 11.9. The number of hydrogen-bond donors (Lipinski definition) is 4. The van der Waals surface area contributed by atoms with E-state index >= 15 is 0 Å². The Kier molecular flexibility index (Phi) is 13.0. The molecule has 0 spiro atoms. The largest absolute Gasteiger partial charge is 0.478 e. The molecule has 0 bridgehead atoms. The molecule has 2 aliphatic rings. The zero-order chi connectivity index (χ0) is 15.1. The first-order chi connectivity index (χ1) is 9.63. The number of piperidine rings is 2. The molecule has 0 atom stereocenters. The molecule has 0 radical (unpaired) electrons. The van der Waals surface area contributed by atoms with E-state index in [0.29, 0.717) is 12.2 Å². The number of nitrogens with one attached hydrogen (secondary N) is 2. The average molecular weight is 286 g/mol. The number of aliphatic carboxylic acids is 2. The van der Waals surface area contributed by atoms with Crippen molar-refractivity contribution in [3.63, 3.8) is 0 Å². The summed E-state index contributed by atoms with van der Waals surface area (Å²) in [5, 5.41) is 22.2. The summed E-state index contributed by atoms with van der Waals surface area (Å²) in [6.07, 6.45) is 9.55. The van der Waals surface area contributed by atoms with Crippen molar-refractivity contribution in [3.05, 3.63) is 12.2 Å². The van der Waals surface area contributed by atoms with Crippen molar-refractivity contribution in [2.75, 3.05) is 26.2 Å². The Morgan fingerprint density at radius 3 is 1.05 bits per heavy atom. The number of carboxylic acids is 2. The van der Waals surface area contributed by atoms with E-state index < -0.39 is 11.9 Å². The van der Waals surface area contributed by atoms with Crippen LogP contribution in [-0.2, 0) is 9.59 Å². The van der Waals surface area contributed by atoms with Gasteiger partial charge in [-0.3, -0.25) is 0 Å². The lowest BCUT2D eigenvalue weighted by atomic mass is 10.2. The van der Waals surface area contributed by atoms with Gasteiger partial charge in [0.2, 0.25) is 0 Å². The molecule has 2 rings (SSSR count). The van der Waals surface area contributed by atoms with E-state index in [9.17, 15) is 9.59 Å². The van der Waals surface area contributed by atoms with Gasteiger partial charge in [0, 0.05) is 12.2 Å². The molecular weight excluding hydrogens is 260 g/mol. The van der Waals surface area contributed by atoms with Crippen molar-refractivity contribution in [2.24, 2.45) is 0 Å². The van der Waals surface area contributed by atoms with Crippen molar-refractivity contribution >= 4 is 11.9 Å². The van der Waals surface area contributed by atoms with Crippen LogP contribution < -0.4 is 10.6 Å². The van der Waals surface area contributed by atoms with Crippen molar-refractivity contribution in [3.8, 4) is 0 Å². The van der Waals surface area contributed by atoms with Crippen molar-refractivity contribution < 1.29 is 19.8 Å². The molecule has 0 aromatic rings. The maximum Gasteiger partial charge on any atom is 0.328 e. The monoisotopic (exact) mass is 286 g/mol. The molecule has 0 unspecified atom stereocenters. The molecule has 0 amide bonds. The number of carbonyl (C=O) groups is 2. The molecule has 2 heterocycles. The zero-order valence-electron chi connectivity index (χ0n) is 11.9. The average Bonchev–Trinajstić information content (AvgIpc) is 2.50. The van der Waals surface area contributed by atoms with Crippen molar-refractivity contribution in [2.45, 2.75) is 38.5 Å². The van der Waals surface area contributed by atoms with Crippen LogP contribution in [0.5, 0.6) is 0 Å². The topological polar surface area (TPSA) is 98.7 Å². The van der Waals surface area contributed by atoms with Crippen LogP contribution in [-0.4, -0.2) is 48.3 Å². The van der Waals surface area contributed by atoms with Crippen LogP contribution in [0.3, 0.4) is 0 Å². The fraction of sp³-hybridized carbons (Fsp3) is 0.714. The van der Waals surface area contributed by atoms with E-state index in [-0.39, 0.29) is 0 Å². The summed E-state index contributed by atoms with van der Waals surface area (Å²) in [5.41, 5.74) is 0. The standard InChI is InChI=1S/2C5H11N.C4H4O4/c2*1-2-4-6-5-3-1;5-3(6)1-2-4(7)8/h2*6H,1-5H2;1-2H,(H,5,6)(H,7,8). The molecular formula is C14H26N2O4. The lowest BCUT2D eigenvalue weighted by molar-refractivity contribution is -0.134. The molecule has 6 heteroatoms. The van der Waals surface area contributed by atoms with Gasteiger partial charge >= 0.3 is 11.9 Å². The Hall–Kier alpha value is -1.40. The predicted molar refractivity (Wildman–Crippen MR) is 77.9 cm³/mol. The highest BCUT2D eigenvalue weighted by Gasteiger charge is 1.94. The van der Waals surface area contributed by atoms with Gasteiger partial charge in [-0.15, -0.1) is 0 Å². The molecule has 116 valence electrons. The first-order valence-electron chi connectivity index (χ1n) is 7.18. The van der Waals surface area contributed by atoms with Crippen molar-refractivity contribution in [1.29, 1.82) is 0 Å². The normalized spacial score (nSPS) is 18.2. The molecule has 20 heavy (non-hydrogen) atoms. The number of rotatable bonds is 2. The first kappa shape index (κ1) is 18.6. The minimum Gasteiger partial charge on any atom is -0.478 e. The third kappa shape index (κ3) is 16.6. The summed E-state index contributed by atoms with van der Waals surface area (Å²) in [4.78, 5) is 19.1. The lowest BCUT2D eigenvalue weighted by Gasteiger charge is -2.08. The molecule has 4 N–H and O–H groups in total.